The number of rotatable bonds is 2. The highest BCUT2D eigenvalue weighted by Gasteiger charge is 2.33. The number of nitrogens with one attached hydrogen (secondary N) is 1. The fourth-order valence-corrected chi connectivity index (χ4v) is 5.18. The van der Waals surface area contributed by atoms with Gasteiger partial charge in [-0.25, -0.2) is 0 Å². The van der Waals surface area contributed by atoms with Gasteiger partial charge in [0.2, 0.25) is 5.91 Å². The van der Waals surface area contributed by atoms with Crippen LogP contribution in [0.2, 0.25) is 5.02 Å². The van der Waals surface area contributed by atoms with E-state index in [9.17, 15) is 9.90 Å². The first-order valence-electron chi connectivity index (χ1n) is 11.1. The van der Waals surface area contributed by atoms with Crippen LogP contribution in [0.4, 0.5) is 0 Å². The van der Waals surface area contributed by atoms with Crippen LogP contribution in [0.3, 0.4) is 0 Å². The van der Waals surface area contributed by atoms with Gasteiger partial charge in [0.25, 0.3) is 0 Å². The predicted octanol–water partition coefficient (Wildman–Crippen LogP) is 4.20. The van der Waals surface area contributed by atoms with E-state index in [2.05, 4.69) is 16.4 Å². The minimum Gasteiger partial charge on any atom is -0.388 e. The van der Waals surface area contributed by atoms with E-state index < -0.39 is 6.10 Å². The van der Waals surface area contributed by atoms with Crippen molar-refractivity contribution in [2.45, 2.75) is 37.8 Å². The molecular weight excluding hydrogens is 422 g/mol. The quantitative estimate of drug-likeness (QED) is 0.724. The Kier molecular flexibility index (Phi) is 5.85. The zero-order chi connectivity index (χ0) is 22.1. The smallest absolute Gasteiger partial charge is 0.227 e. The van der Waals surface area contributed by atoms with Crippen molar-refractivity contribution in [1.82, 2.24) is 15.2 Å². The number of amides is 1. The van der Waals surface area contributed by atoms with E-state index in [-0.39, 0.29) is 11.9 Å². The van der Waals surface area contributed by atoms with Crippen LogP contribution in [0.5, 0.6) is 0 Å². The Morgan fingerprint density at radius 1 is 1.19 bits per heavy atom. The second kappa shape index (κ2) is 8.93. The maximum absolute atomic E-state index is 12.8. The van der Waals surface area contributed by atoms with Crippen molar-refractivity contribution >= 4 is 23.1 Å². The van der Waals surface area contributed by atoms with Gasteiger partial charge in [0.05, 0.1) is 18.6 Å². The minimum absolute atomic E-state index is 0.0335. The number of piperidine rings is 1. The van der Waals surface area contributed by atoms with Gasteiger partial charge >= 0.3 is 0 Å². The number of hydrogen-bond donors (Lipinski definition) is 2. The summed E-state index contributed by atoms with van der Waals surface area (Å²) in [5.41, 5.74) is 6.68. The molecule has 32 heavy (non-hydrogen) atoms. The van der Waals surface area contributed by atoms with Crippen LogP contribution >= 0.6 is 11.6 Å². The zero-order valence-corrected chi connectivity index (χ0v) is 18.6. The second-order valence-electron chi connectivity index (χ2n) is 8.58. The minimum atomic E-state index is -0.592. The van der Waals surface area contributed by atoms with E-state index >= 15 is 0 Å². The molecule has 3 heterocycles. The van der Waals surface area contributed by atoms with Crippen LogP contribution in [-0.4, -0.2) is 40.0 Å². The summed E-state index contributed by atoms with van der Waals surface area (Å²) in [6, 6.07) is 9.64. The Bertz CT molecular complexity index is 1110. The van der Waals surface area contributed by atoms with Gasteiger partial charge < -0.3 is 15.3 Å². The molecule has 164 valence electrons. The van der Waals surface area contributed by atoms with Gasteiger partial charge in [0.15, 0.2) is 0 Å². The van der Waals surface area contributed by atoms with Gasteiger partial charge in [-0.3, -0.25) is 9.78 Å². The normalized spacial score (nSPS) is 22.4. The van der Waals surface area contributed by atoms with Crippen molar-refractivity contribution in [3.63, 3.8) is 0 Å². The first kappa shape index (κ1) is 21.0. The van der Waals surface area contributed by atoms with Crippen LogP contribution in [0.15, 0.2) is 72.2 Å². The Morgan fingerprint density at radius 2 is 1.97 bits per heavy atom. The predicted molar refractivity (Wildman–Crippen MR) is 126 cm³/mol. The molecule has 5 nitrogen and oxygen atoms in total. The summed E-state index contributed by atoms with van der Waals surface area (Å²) < 4.78 is 0. The molecule has 1 saturated heterocycles. The molecule has 5 rings (SSSR count). The van der Waals surface area contributed by atoms with Crippen molar-refractivity contribution in [2.75, 3.05) is 13.1 Å². The van der Waals surface area contributed by atoms with Crippen LogP contribution in [0.25, 0.3) is 5.57 Å². The molecule has 1 aliphatic carbocycles. The van der Waals surface area contributed by atoms with E-state index in [0.717, 1.165) is 29.5 Å². The molecule has 1 aromatic carbocycles. The van der Waals surface area contributed by atoms with Crippen molar-refractivity contribution in [3.05, 3.63) is 93.9 Å². The number of allylic oxidation sites excluding steroid dienone is 2. The molecule has 0 bridgehead atoms. The molecule has 0 radical (unpaired) electrons. The van der Waals surface area contributed by atoms with Crippen LogP contribution in [0, 0.1) is 0 Å². The fourth-order valence-electron chi connectivity index (χ4n) is 5.00. The number of likely N-dealkylation sites (tertiary alicyclic amines) is 1. The SMILES string of the molecule is O=C(Cc1ccncc1)N1CCC(=C2c3ccc(Cl)cc3C(O)CC3=CC=CNC32)CC1. The zero-order valence-electron chi connectivity index (χ0n) is 17.8. The highest BCUT2D eigenvalue weighted by molar-refractivity contribution is 6.30. The molecule has 2 unspecified atom stereocenters. The summed E-state index contributed by atoms with van der Waals surface area (Å²) in [6.45, 7) is 1.41. The number of carbonyl (C=O) groups excluding carboxylic acids is 1. The van der Waals surface area contributed by atoms with Gasteiger partial charge in [-0.1, -0.05) is 29.3 Å². The number of dihydropyridines is 1. The molecule has 1 aromatic heterocycles. The van der Waals surface area contributed by atoms with E-state index in [0.29, 0.717) is 31.0 Å². The number of hydrogen-bond acceptors (Lipinski definition) is 4. The number of nitrogens with zero attached hydrogens (tertiary/aromatic N) is 2. The summed E-state index contributed by atoms with van der Waals surface area (Å²) in [5, 5.41) is 15.1. The third-order valence-corrected chi connectivity index (χ3v) is 6.86. The van der Waals surface area contributed by atoms with Crippen LogP contribution in [-0.2, 0) is 11.2 Å². The topological polar surface area (TPSA) is 65.5 Å². The van der Waals surface area contributed by atoms with E-state index in [4.69, 9.17) is 11.6 Å². The van der Waals surface area contributed by atoms with E-state index in [1.54, 1.807) is 12.4 Å². The average Bonchev–Trinajstić information content (AvgIpc) is 2.93. The van der Waals surface area contributed by atoms with E-state index in [1.807, 2.05) is 47.5 Å². The number of pyridine rings is 1. The number of fused-ring (bicyclic) bond motifs is 2. The molecule has 1 fully saturated rings. The largest absolute Gasteiger partial charge is 0.388 e. The lowest BCUT2D eigenvalue weighted by molar-refractivity contribution is -0.130. The lowest BCUT2D eigenvalue weighted by Gasteiger charge is -2.33. The number of halogens is 1. The molecule has 2 atom stereocenters. The Morgan fingerprint density at radius 3 is 2.75 bits per heavy atom. The van der Waals surface area contributed by atoms with Gasteiger partial charge in [-0.2, -0.15) is 0 Å². The maximum Gasteiger partial charge on any atom is 0.227 e. The van der Waals surface area contributed by atoms with E-state index in [1.165, 1.54) is 16.7 Å². The van der Waals surface area contributed by atoms with Crippen molar-refractivity contribution in [3.8, 4) is 0 Å². The monoisotopic (exact) mass is 447 g/mol. The van der Waals surface area contributed by atoms with Gasteiger partial charge in [-0.15, -0.1) is 0 Å². The molecular formula is C26H26ClN3O2. The van der Waals surface area contributed by atoms with Crippen LogP contribution in [0.1, 0.15) is 42.1 Å². The number of aliphatic hydroxyl groups is 1. The lowest BCUT2D eigenvalue weighted by Crippen LogP contribution is -2.38. The molecule has 0 saturated carbocycles. The molecule has 2 N–H and O–H groups in total. The third kappa shape index (κ3) is 4.10. The Hall–Kier alpha value is -2.89. The third-order valence-electron chi connectivity index (χ3n) is 6.63. The first-order chi connectivity index (χ1) is 15.6. The standard InChI is InChI=1S/C26H26ClN3O2/c27-20-3-4-21-22(16-20)23(31)15-19-2-1-9-29-26(19)25(21)18-7-12-30(13-8-18)24(32)14-17-5-10-28-11-6-17/h1-6,9-11,16,23,26,29,31H,7-8,12-15H2. The average molecular weight is 448 g/mol. The maximum atomic E-state index is 12.8. The molecule has 6 heteroatoms. The molecule has 1 amide bonds. The molecule has 2 aromatic rings. The highest BCUT2D eigenvalue weighted by atomic mass is 35.5. The second-order valence-corrected chi connectivity index (χ2v) is 9.02. The number of aromatic nitrogens is 1. The number of aliphatic hydroxyl groups excluding tert-OH is 1. The fraction of sp³-hybridized carbons (Fsp3) is 0.308. The van der Waals surface area contributed by atoms with Crippen molar-refractivity contribution in [1.29, 1.82) is 0 Å². The van der Waals surface area contributed by atoms with Crippen molar-refractivity contribution < 1.29 is 9.90 Å². The Balaban J connectivity index is 1.44. The van der Waals surface area contributed by atoms with Gasteiger partial charge in [-0.05, 0) is 77.2 Å². The number of benzene rings is 1. The summed E-state index contributed by atoms with van der Waals surface area (Å²) in [6.07, 6.45) is 11.5. The van der Waals surface area contributed by atoms with Gasteiger partial charge in [0.1, 0.15) is 0 Å². The summed E-state index contributed by atoms with van der Waals surface area (Å²) >= 11 is 6.28. The number of carbonyl (C=O) groups is 1. The molecule has 3 aliphatic rings. The Labute approximate surface area is 193 Å². The highest BCUT2D eigenvalue weighted by Crippen LogP contribution is 2.43. The summed E-state index contributed by atoms with van der Waals surface area (Å²) in [4.78, 5) is 18.8. The molecule has 0 spiro atoms. The summed E-state index contributed by atoms with van der Waals surface area (Å²) in [7, 11) is 0. The van der Waals surface area contributed by atoms with Crippen molar-refractivity contribution in [2.24, 2.45) is 0 Å². The molecule has 2 aliphatic heterocycles. The van der Waals surface area contributed by atoms with Gasteiger partial charge in [0, 0.05) is 36.9 Å². The van der Waals surface area contributed by atoms with Crippen LogP contribution < -0.4 is 5.32 Å². The first-order valence-corrected chi connectivity index (χ1v) is 11.5. The lowest BCUT2D eigenvalue weighted by atomic mass is 9.85. The summed E-state index contributed by atoms with van der Waals surface area (Å²) in [5.74, 6) is 0.156.